The zero-order valence-electron chi connectivity index (χ0n) is 12.9. The second-order valence-electron chi connectivity index (χ2n) is 5.01. The van der Waals surface area contributed by atoms with Gasteiger partial charge in [-0.2, -0.15) is 0 Å². The van der Waals surface area contributed by atoms with Gasteiger partial charge in [0.2, 0.25) is 5.91 Å². The monoisotopic (exact) mass is 320 g/mol. The van der Waals surface area contributed by atoms with Gasteiger partial charge in [0.1, 0.15) is 0 Å². The summed E-state index contributed by atoms with van der Waals surface area (Å²) in [5, 5.41) is 8.96. The largest absolute Gasteiger partial charge is 0.335 e. The van der Waals surface area contributed by atoms with Crippen molar-refractivity contribution in [2.75, 3.05) is 10.6 Å². The number of carbonyl (C=O) groups excluding carboxylic acids is 2. The van der Waals surface area contributed by atoms with Crippen LogP contribution in [0.15, 0.2) is 18.2 Å². The highest BCUT2D eigenvalue weighted by Gasteiger charge is 2.09. The van der Waals surface area contributed by atoms with Gasteiger partial charge in [-0.15, -0.1) is 0 Å². The van der Waals surface area contributed by atoms with Crippen molar-refractivity contribution in [2.45, 2.75) is 39.7 Å². The van der Waals surface area contributed by atoms with Gasteiger partial charge in [0.05, 0.1) is 10.2 Å². The molecule has 0 aliphatic carbocycles. The molecule has 7 heteroatoms. The molecule has 22 heavy (non-hydrogen) atoms. The first-order valence-corrected chi connectivity index (χ1v) is 8.11. The number of fused-ring (bicyclic) bond motifs is 1. The summed E-state index contributed by atoms with van der Waals surface area (Å²) in [7, 11) is 0. The van der Waals surface area contributed by atoms with Gasteiger partial charge >= 0.3 is 6.03 Å². The van der Waals surface area contributed by atoms with Gasteiger partial charge in [0, 0.05) is 18.2 Å². The summed E-state index contributed by atoms with van der Waals surface area (Å²) >= 11 is 1.39. The zero-order valence-corrected chi connectivity index (χ0v) is 13.7. The number of nitrogens with zero attached hydrogens (tertiary/aromatic N) is 1. The number of thiazole rings is 1. The van der Waals surface area contributed by atoms with Gasteiger partial charge in [-0.1, -0.05) is 25.2 Å². The summed E-state index contributed by atoms with van der Waals surface area (Å²) in [6.45, 7) is 5.76. The van der Waals surface area contributed by atoms with E-state index in [0.29, 0.717) is 17.2 Å². The summed E-state index contributed by atoms with van der Waals surface area (Å²) in [5.41, 5.74) is 1.50. The maximum Gasteiger partial charge on any atom is 0.319 e. The number of urea groups is 1. The van der Waals surface area contributed by atoms with Crippen LogP contribution in [0.1, 0.15) is 33.6 Å². The Bertz CT molecular complexity index is 683. The molecule has 0 aliphatic rings. The molecule has 2 rings (SSSR count). The molecule has 118 valence electrons. The molecule has 2 aromatic rings. The average molecular weight is 320 g/mol. The lowest BCUT2D eigenvalue weighted by Crippen LogP contribution is -2.35. The van der Waals surface area contributed by atoms with Gasteiger partial charge in [0.25, 0.3) is 0 Å². The standard InChI is InChI=1S/C15H20N4O2S/c1-4-9(3)16-14(21)17-10-6-7-11-12(8-10)22-15(18-11)19-13(20)5-2/h6-9H,4-5H2,1-3H3,(H2,16,17,21)(H,18,19,20)/t9-/m1/s1. The van der Waals surface area contributed by atoms with E-state index < -0.39 is 0 Å². The Balaban J connectivity index is 2.09. The lowest BCUT2D eigenvalue weighted by Gasteiger charge is -2.12. The van der Waals surface area contributed by atoms with E-state index in [0.717, 1.165) is 16.6 Å². The van der Waals surface area contributed by atoms with Crippen molar-refractivity contribution in [3.63, 3.8) is 0 Å². The fraction of sp³-hybridized carbons (Fsp3) is 0.400. The third kappa shape index (κ3) is 4.17. The Kier molecular flexibility index (Phi) is 5.32. The summed E-state index contributed by atoms with van der Waals surface area (Å²) in [6, 6.07) is 5.38. The number of carbonyl (C=O) groups is 2. The van der Waals surface area contributed by atoms with Gasteiger partial charge in [-0.05, 0) is 31.5 Å². The summed E-state index contributed by atoms with van der Waals surface area (Å²) < 4.78 is 0.910. The molecule has 0 radical (unpaired) electrons. The zero-order chi connectivity index (χ0) is 16.1. The summed E-state index contributed by atoms with van der Waals surface area (Å²) in [5.74, 6) is -0.0645. The van der Waals surface area contributed by atoms with Crippen molar-refractivity contribution >= 4 is 44.3 Å². The predicted molar refractivity (Wildman–Crippen MR) is 90.4 cm³/mol. The third-order valence-corrected chi connectivity index (χ3v) is 4.14. The topological polar surface area (TPSA) is 83.1 Å². The first kappa shape index (κ1) is 16.2. The molecule has 1 aromatic heterocycles. The maximum atomic E-state index is 11.8. The first-order chi connectivity index (χ1) is 10.5. The SMILES string of the molecule is CCC(=O)Nc1nc2ccc(NC(=O)N[C@H](C)CC)cc2s1. The molecule has 1 atom stereocenters. The van der Waals surface area contributed by atoms with Crippen molar-refractivity contribution in [1.82, 2.24) is 10.3 Å². The number of aromatic nitrogens is 1. The second-order valence-corrected chi connectivity index (χ2v) is 6.04. The molecule has 0 aliphatic heterocycles. The number of anilines is 2. The minimum Gasteiger partial charge on any atom is -0.335 e. The van der Waals surface area contributed by atoms with E-state index in [1.165, 1.54) is 11.3 Å². The van der Waals surface area contributed by atoms with Crippen molar-refractivity contribution < 1.29 is 9.59 Å². The highest BCUT2D eigenvalue weighted by Crippen LogP contribution is 2.28. The summed E-state index contributed by atoms with van der Waals surface area (Å²) in [4.78, 5) is 27.5. The van der Waals surface area contributed by atoms with Gasteiger partial charge in [-0.25, -0.2) is 9.78 Å². The van der Waals surface area contributed by atoms with Crippen molar-refractivity contribution in [3.8, 4) is 0 Å². The van der Waals surface area contributed by atoms with Gasteiger partial charge < -0.3 is 16.0 Å². The molecule has 0 saturated carbocycles. The molecule has 0 saturated heterocycles. The molecule has 3 N–H and O–H groups in total. The quantitative estimate of drug-likeness (QED) is 0.787. The Morgan fingerprint density at radius 2 is 2.05 bits per heavy atom. The molecule has 1 heterocycles. The maximum absolute atomic E-state index is 11.8. The number of hydrogen-bond donors (Lipinski definition) is 3. The fourth-order valence-corrected chi connectivity index (χ4v) is 2.68. The van der Waals surface area contributed by atoms with Crippen LogP contribution in [-0.2, 0) is 4.79 Å². The molecule has 3 amide bonds. The van der Waals surface area contributed by atoms with E-state index in [1.807, 2.05) is 26.0 Å². The predicted octanol–water partition coefficient (Wildman–Crippen LogP) is 3.56. The van der Waals surface area contributed by atoms with Crippen LogP contribution in [0.2, 0.25) is 0 Å². The third-order valence-electron chi connectivity index (χ3n) is 3.20. The number of hydrogen-bond acceptors (Lipinski definition) is 4. The van der Waals surface area contributed by atoms with Crippen molar-refractivity contribution in [3.05, 3.63) is 18.2 Å². The van der Waals surface area contributed by atoms with E-state index in [9.17, 15) is 9.59 Å². The molecule has 0 bridgehead atoms. The van der Waals surface area contributed by atoms with E-state index in [1.54, 1.807) is 13.0 Å². The highest BCUT2D eigenvalue weighted by molar-refractivity contribution is 7.22. The Labute approximate surface area is 133 Å². The van der Waals surface area contributed by atoms with Crippen molar-refractivity contribution in [1.29, 1.82) is 0 Å². The number of nitrogens with one attached hydrogen (secondary N) is 3. The Morgan fingerprint density at radius 1 is 1.27 bits per heavy atom. The normalized spacial score (nSPS) is 12.0. The van der Waals surface area contributed by atoms with Crippen LogP contribution in [0.4, 0.5) is 15.6 Å². The lowest BCUT2D eigenvalue weighted by molar-refractivity contribution is -0.115. The van der Waals surface area contributed by atoms with E-state index in [4.69, 9.17) is 0 Å². The minimum absolute atomic E-state index is 0.0645. The molecular weight excluding hydrogens is 300 g/mol. The Morgan fingerprint density at radius 3 is 2.73 bits per heavy atom. The van der Waals surface area contributed by atoms with Gasteiger partial charge in [-0.3, -0.25) is 4.79 Å². The van der Waals surface area contributed by atoms with E-state index >= 15 is 0 Å². The van der Waals surface area contributed by atoms with Crippen LogP contribution in [-0.4, -0.2) is 23.0 Å². The fourth-order valence-electron chi connectivity index (χ4n) is 1.76. The number of benzene rings is 1. The molecule has 0 spiro atoms. The van der Waals surface area contributed by atoms with Crippen LogP contribution in [0.3, 0.4) is 0 Å². The minimum atomic E-state index is -0.224. The molecule has 0 fully saturated rings. The molecule has 1 aromatic carbocycles. The number of rotatable bonds is 5. The van der Waals surface area contributed by atoms with Crippen LogP contribution in [0.5, 0.6) is 0 Å². The summed E-state index contributed by atoms with van der Waals surface area (Å²) in [6.07, 6.45) is 1.29. The van der Waals surface area contributed by atoms with Gasteiger partial charge in [0.15, 0.2) is 5.13 Å². The average Bonchev–Trinajstić information content (AvgIpc) is 2.88. The van der Waals surface area contributed by atoms with E-state index in [-0.39, 0.29) is 18.0 Å². The molecule has 6 nitrogen and oxygen atoms in total. The van der Waals surface area contributed by atoms with E-state index in [2.05, 4.69) is 20.9 Å². The van der Waals surface area contributed by atoms with Crippen molar-refractivity contribution in [2.24, 2.45) is 0 Å². The van der Waals surface area contributed by atoms with Crippen LogP contribution >= 0.6 is 11.3 Å². The lowest BCUT2D eigenvalue weighted by atomic mass is 10.2. The molecule has 0 unspecified atom stereocenters. The smallest absolute Gasteiger partial charge is 0.319 e. The highest BCUT2D eigenvalue weighted by atomic mass is 32.1. The first-order valence-electron chi connectivity index (χ1n) is 7.29. The van der Waals surface area contributed by atoms with Crippen LogP contribution < -0.4 is 16.0 Å². The van der Waals surface area contributed by atoms with Crippen LogP contribution in [0, 0.1) is 0 Å². The number of amides is 3. The Hall–Kier alpha value is -2.15. The molecular formula is C15H20N4O2S. The second kappa shape index (κ2) is 7.22. The van der Waals surface area contributed by atoms with Crippen LogP contribution in [0.25, 0.3) is 10.2 Å².